The highest BCUT2D eigenvalue weighted by Crippen LogP contribution is 2.15. The number of nitrogens with one attached hydrogen (secondary N) is 1. The van der Waals surface area contributed by atoms with Gasteiger partial charge in [-0.05, 0) is 23.8 Å². The summed E-state index contributed by atoms with van der Waals surface area (Å²) in [5.74, 6) is -3.78. The highest BCUT2D eigenvalue weighted by Gasteiger charge is 2.23. The van der Waals surface area contributed by atoms with Crippen LogP contribution in [0.5, 0.6) is 0 Å². The molecule has 1 heterocycles. The molecule has 164 valence electrons. The predicted molar refractivity (Wildman–Crippen MR) is 106 cm³/mol. The van der Waals surface area contributed by atoms with Crippen molar-refractivity contribution < 1.29 is 31.5 Å². The van der Waals surface area contributed by atoms with E-state index in [1.165, 1.54) is 5.01 Å². The average molecular weight is 451 g/mol. The van der Waals surface area contributed by atoms with Crippen molar-refractivity contribution in [1.82, 2.24) is 9.73 Å². The Morgan fingerprint density at radius 1 is 1.10 bits per heavy atom. The van der Waals surface area contributed by atoms with Crippen molar-refractivity contribution in [3.8, 4) is 0 Å². The van der Waals surface area contributed by atoms with Gasteiger partial charge in [0.25, 0.3) is 5.91 Å². The highest BCUT2D eigenvalue weighted by molar-refractivity contribution is 7.89. The van der Waals surface area contributed by atoms with E-state index in [9.17, 15) is 26.8 Å². The lowest BCUT2D eigenvalue weighted by molar-refractivity contribution is -0.151. The van der Waals surface area contributed by atoms with Gasteiger partial charge in [-0.1, -0.05) is 30.3 Å². The van der Waals surface area contributed by atoms with Crippen molar-refractivity contribution in [2.75, 3.05) is 19.7 Å². The first-order valence-corrected chi connectivity index (χ1v) is 10.8. The van der Waals surface area contributed by atoms with E-state index in [1.807, 2.05) is 30.3 Å². The van der Waals surface area contributed by atoms with Gasteiger partial charge in [-0.25, -0.2) is 26.9 Å². The summed E-state index contributed by atoms with van der Waals surface area (Å²) in [5.41, 5.74) is 1.66. The van der Waals surface area contributed by atoms with E-state index < -0.39 is 45.0 Å². The van der Waals surface area contributed by atoms with Crippen LogP contribution in [0.4, 0.5) is 8.78 Å². The lowest BCUT2D eigenvalue weighted by Gasteiger charge is -2.12. The first kappa shape index (κ1) is 22.5. The normalized spacial score (nSPS) is 13.7. The van der Waals surface area contributed by atoms with E-state index in [0.717, 1.165) is 17.3 Å². The lowest BCUT2D eigenvalue weighted by Crippen LogP contribution is -2.30. The minimum absolute atomic E-state index is 0.339. The van der Waals surface area contributed by atoms with Crippen molar-refractivity contribution in [2.45, 2.75) is 17.7 Å². The average Bonchev–Trinajstić information content (AvgIpc) is 3.25. The zero-order chi connectivity index (χ0) is 22.4. The van der Waals surface area contributed by atoms with Crippen LogP contribution in [0.25, 0.3) is 0 Å². The molecule has 0 unspecified atom stereocenters. The van der Waals surface area contributed by atoms with E-state index in [4.69, 9.17) is 4.74 Å². The second kappa shape index (κ2) is 9.75. The number of hydrazone groups is 1. The first-order chi connectivity index (χ1) is 14.8. The van der Waals surface area contributed by atoms with Crippen LogP contribution in [-0.2, 0) is 24.3 Å². The number of ether oxygens (including phenoxy) is 1. The molecule has 0 spiro atoms. The van der Waals surface area contributed by atoms with Gasteiger partial charge in [-0.3, -0.25) is 9.59 Å². The third-order valence-corrected chi connectivity index (χ3v) is 5.83. The number of hydrogen-bond acceptors (Lipinski definition) is 6. The number of rotatable bonds is 8. The molecule has 0 saturated heterocycles. The maximum atomic E-state index is 13.2. The second-order valence-electron chi connectivity index (χ2n) is 6.56. The van der Waals surface area contributed by atoms with Crippen molar-refractivity contribution >= 4 is 27.6 Å². The third-order valence-electron chi connectivity index (χ3n) is 4.38. The van der Waals surface area contributed by atoms with Gasteiger partial charge >= 0.3 is 5.97 Å². The van der Waals surface area contributed by atoms with E-state index in [-0.39, 0.29) is 13.0 Å². The molecule has 1 N–H and O–H groups in total. The van der Waals surface area contributed by atoms with E-state index in [0.29, 0.717) is 25.1 Å². The van der Waals surface area contributed by atoms with Gasteiger partial charge in [0.2, 0.25) is 10.0 Å². The minimum Gasteiger partial charge on any atom is -0.455 e. The van der Waals surface area contributed by atoms with Crippen molar-refractivity contribution in [3.05, 3.63) is 65.7 Å². The molecule has 11 heteroatoms. The number of amides is 1. The van der Waals surface area contributed by atoms with Crippen LogP contribution in [0, 0.1) is 11.6 Å². The summed E-state index contributed by atoms with van der Waals surface area (Å²) in [4.78, 5) is 23.5. The monoisotopic (exact) mass is 451 g/mol. The number of benzene rings is 2. The SMILES string of the molecule is O=C(CCNS(=O)(=O)c1ccc(F)c(F)c1)OCC(=O)N1CCC(c2ccccc2)=N1. The maximum Gasteiger partial charge on any atom is 0.307 e. The highest BCUT2D eigenvalue weighted by atomic mass is 32.2. The standard InChI is InChI=1S/C20H19F2N3O5S/c21-16-7-6-15(12-17(16)22)31(28,29)23-10-8-20(27)30-13-19(26)25-11-9-18(24-25)14-4-2-1-3-5-14/h1-7,12,23H,8-11,13H2. The lowest BCUT2D eigenvalue weighted by atomic mass is 10.1. The summed E-state index contributed by atoms with van der Waals surface area (Å²) >= 11 is 0. The largest absolute Gasteiger partial charge is 0.455 e. The van der Waals surface area contributed by atoms with Gasteiger partial charge in [-0.15, -0.1) is 0 Å². The molecule has 2 aromatic carbocycles. The van der Waals surface area contributed by atoms with Crippen LogP contribution in [0.1, 0.15) is 18.4 Å². The molecule has 1 aliphatic heterocycles. The summed E-state index contributed by atoms with van der Waals surface area (Å²) in [6.45, 7) is -0.497. The molecule has 0 radical (unpaired) electrons. The number of esters is 1. The zero-order valence-electron chi connectivity index (χ0n) is 16.3. The summed E-state index contributed by atoms with van der Waals surface area (Å²) in [7, 11) is -4.13. The molecule has 8 nitrogen and oxygen atoms in total. The van der Waals surface area contributed by atoms with Crippen molar-refractivity contribution in [2.24, 2.45) is 5.10 Å². The molecule has 1 amide bonds. The Bertz CT molecular complexity index is 1110. The number of sulfonamides is 1. The Labute approximate surface area is 177 Å². The van der Waals surface area contributed by atoms with Gasteiger partial charge in [0.1, 0.15) is 0 Å². The Hall–Kier alpha value is -3.18. The molecule has 31 heavy (non-hydrogen) atoms. The number of halogens is 2. The van der Waals surface area contributed by atoms with Crippen LogP contribution < -0.4 is 4.72 Å². The van der Waals surface area contributed by atoms with Crippen molar-refractivity contribution in [1.29, 1.82) is 0 Å². The summed E-state index contributed by atoms with van der Waals surface area (Å²) in [5, 5.41) is 5.46. The molecule has 0 fully saturated rings. The summed E-state index contributed by atoms with van der Waals surface area (Å²) in [6.07, 6.45) is 0.226. The van der Waals surface area contributed by atoms with Gasteiger partial charge < -0.3 is 4.74 Å². The number of carbonyl (C=O) groups excluding carboxylic acids is 2. The third kappa shape index (κ3) is 5.92. The van der Waals surface area contributed by atoms with E-state index >= 15 is 0 Å². The van der Waals surface area contributed by atoms with Crippen LogP contribution in [0.15, 0.2) is 58.5 Å². The quantitative estimate of drug-likeness (QED) is 0.617. The molecule has 1 aliphatic rings. The van der Waals surface area contributed by atoms with Crippen LogP contribution in [0.3, 0.4) is 0 Å². The second-order valence-corrected chi connectivity index (χ2v) is 8.33. The molecule has 3 rings (SSSR count). The zero-order valence-corrected chi connectivity index (χ0v) is 17.1. The topological polar surface area (TPSA) is 105 Å². The van der Waals surface area contributed by atoms with Gasteiger partial charge in [0.05, 0.1) is 23.6 Å². The first-order valence-electron chi connectivity index (χ1n) is 9.30. The number of carbonyl (C=O) groups is 2. The Morgan fingerprint density at radius 2 is 1.84 bits per heavy atom. The predicted octanol–water partition coefficient (Wildman–Crippen LogP) is 1.81. The molecule has 0 bridgehead atoms. The number of nitrogens with zero attached hydrogens (tertiary/aromatic N) is 2. The molecule has 0 aromatic heterocycles. The van der Waals surface area contributed by atoms with Gasteiger partial charge in [-0.2, -0.15) is 5.10 Å². The Kier molecular flexibility index (Phi) is 7.08. The summed E-state index contributed by atoms with van der Waals surface area (Å²) < 4.78 is 57.2. The Balaban J connectivity index is 1.43. The fourth-order valence-corrected chi connectivity index (χ4v) is 3.82. The van der Waals surface area contributed by atoms with Gasteiger partial charge in [0.15, 0.2) is 18.2 Å². The van der Waals surface area contributed by atoms with E-state index in [1.54, 1.807) is 0 Å². The fourth-order valence-electron chi connectivity index (χ4n) is 2.77. The Morgan fingerprint density at radius 3 is 2.55 bits per heavy atom. The smallest absolute Gasteiger partial charge is 0.307 e. The molecular formula is C20H19F2N3O5S. The molecule has 0 atom stereocenters. The van der Waals surface area contributed by atoms with Crippen molar-refractivity contribution in [3.63, 3.8) is 0 Å². The van der Waals surface area contributed by atoms with E-state index in [2.05, 4.69) is 9.82 Å². The maximum absolute atomic E-state index is 13.2. The molecular weight excluding hydrogens is 432 g/mol. The van der Waals surface area contributed by atoms with Crippen LogP contribution >= 0.6 is 0 Å². The molecule has 0 aliphatic carbocycles. The van der Waals surface area contributed by atoms with Crippen LogP contribution in [0.2, 0.25) is 0 Å². The fraction of sp³-hybridized carbons (Fsp3) is 0.250. The van der Waals surface area contributed by atoms with Crippen LogP contribution in [-0.4, -0.2) is 50.7 Å². The molecule has 0 saturated carbocycles. The summed E-state index contributed by atoms with van der Waals surface area (Å²) in [6, 6.07) is 11.5. The van der Waals surface area contributed by atoms with Gasteiger partial charge in [0, 0.05) is 13.0 Å². The minimum atomic E-state index is -4.13. The number of hydrogen-bond donors (Lipinski definition) is 1. The molecule has 2 aromatic rings.